The standard InChI is InChI=1S/C28H32FN5O3/c1-3-14-33-26-24(27(35)34(15-4-2)28(33)36)30-25(31-26)20-5-11-23(12-6-20)37-18-19-13-16-32(17-19)22-9-7-21(29)8-10-22/h5-12,19H,3-4,13-18H2,1-2H3,(H,30,31). The van der Waals surface area contributed by atoms with Crippen molar-refractivity contribution in [3.05, 3.63) is 75.2 Å². The van der Waals surface area contributed by atoms with Crippen LogP contribution in [0.5, 0.6) is 5.75 Å². The molecule has 0 radical (unpaired) electrons. The van der Waals surface area contributed by atoms with E-state index in [0.717, 1.165) is 42.9 Å². The van der Waals surface area contributed by atoms with Crippen molar-refractivity contribution in [1.29, 1.82) is 0 Å². The fraction of sp³-hybridized carbons (Fsp3) is 0.393. The third-order valence-electron chi connectivity index (χ3n) is 6.85. The molecule has 1 fully saturated rings. The smallest absolute Gasteiger partial charge is 0.332 e. The van der Waals surface area contributed by atoms with Gasteiger partial charge in [-0.1, -0.05) is 13.8 Å². The maximum atomic E-state index is 13.2. The van der Waals surface area contributed by atoms with Crippen LogP contribution in [0, 0.1) is 11.7 Å². The molecular formula is C28H32FN5O3. The maximum Gasteiger partial charge on any atom is 0.332 e. The molecule has 9 heteroatoms. The molecule has 0 aliphatic carbocycles. The second kappa shape index (κ2) is 10.6. The summed E-state index contributed by atoms with van der Waals surface area (Å²) in [5, 5.41) is 0. The van der Waals surface area contributed by atoms with Crippen LogP contribution in [0.15, 0.2) is 58.1 Å². The van der Waals surface area contributed by atoms with Crippen molar-refractivity contribution < 1.29 is 9.13 Å². The van der Waals surface area contributed by atoms with E-state index < -0.39 is 0 Å². The zero-order chi connectivity index (χ0) is 25.9. The maximum absolute atomic E-state index is 13.2. The van der Waals surface area contributed by atoms with Gasteiger partial charge in [0.2, 0.25) is 0 Å². The number of hydrogen-bond donors (Lipinski definition) is 1. The summed E-state index contributed by atoms with van der Waals surface area (Å²) in [5.74, 6) is 1.47. The summed E-state index contributed by atoms with van der Waals surface area (Å²) in [6, 6.07) is 14.2. The molecule has 8 nitrogen and oxygen atoms in total. The molecule has 1 saturated heterocycles. The highest BCUT2D eigenvalue weighted by atomic mass is 19.1. The average Bonchev–Trinajstić information content (AvgIpc) is 3.57. The molecule has 0 bridgehead atoms. The van der Waals surface area contributed by atoms with Crippen molar-refractivity contribution in [2.45, 2.75) is 46.2 Å². The molecule has 2 aromatic heterocycles. The van der Waals surface area contributed by atoms with Crippen LogP contribution < -0.4 is 20.9 Å². The Morgan fingerprint density at radius 2 is 1.70 bits per heavy atom. The van der Waals surface area contributed by atoms with Crippen molar-refractivity contribution in [1.82, 2.24) is 19.1 Å². The number of anilines is 1. The molecule has 37 heavy (non-hydrogen) atoms. The predicted molar refractivity (Wildman–Crippen MR) is 143 cm³/mol. The van der Waals surface area contributed by atoms with Gasteiger partial charge in [0.05, 0.1) is 6.61 Å². The van der Waals surface area contributed by atoms with Crippen LogP contribution in [-0.4, -0.2) is 38.8 Å². The van der Waals surface area contributed by atoms with Crippen molar-refractivity contribution in [3.8, 4) is 17.1 Å². The van der Waals surface area contributed by atoms with Gasteiger partial charge in [0, 0.05) is 43.3 Å². The van der Waals surface area contributed by atoms with E-state index in [4.69, 9.17) is 4.74 Å². The summed E-state index contributed by atoms with van der Waals surface area (Å²) in [5.41, 5.74) is 1.94. The van der Waals surface area contributed by atoms with E-state index in [1.54, 1.807) is 4.57 Å². The van der Waals surface area contributed by atoms with Gasteiger partial charge in [-0.2, -0.15) is 0 Å². The highest BCUT2D eigenvalue weighted by Gasteiger charge is 2.23. The summed E-state index contributed by atoms with van der Waals surface area (Å²) in [6.07, 6.45) is 2.47. The third-order valence-corrected chi connectivity index (χ3v) is 6.85. The minimum Gasteiger partial charge on any atom is -0.493 e. The Balaban J connectivity index is 1.29. The number of ether oxygens (including phenoxy) is 1. The molecule has 4 aromatic rings. The number of aromatic amines is 1. The predicted octanol–water partition coefficient (Wildman–Crippen LogP) is 4.42. The number of nitrogens with zero attached hydrogens (tertiary/aromatic N) is 4. The number of imidazole rings is 1. The Bertz CT molecular complexity index is 1490. The molecular weight excluding hydrogens is 473 g/mol. The van der Waals surface area contributed by atoms with Gasteiger partial charge in [-0.15, -0.1) is 0 Å². The number of rotatable bonds is 9. The fourth-order valence-electron chi connectivity index (χ4n) is 4.93. The Hall–Kier alpha value is -3.88. The second-order valence-electron chi connectivity index (χ2n) is 9.59. The molecule has 1 N–H and O–H groups in total. The van der Waals surface area contributed by atoms with E-state index in [-0.39, 0.29) is 17.1 Å². The van der Waals surface area contributed by atoms with Gasteiger partial charge >= 0.3 is 5.69 Å². The normalized spacial score (nSPS) is 15.5. The van der Waals surface area contributed by atoms with Crippen LogP contribution in [0.3, 0.4) is 0 Å². The van der Waals surface area contributed by atoms with Gasteiger partial charge in [0.1, 0.15) is 22.9 Å². The van der Waals surface area contributed by atoms with Gasteiger partial charge in [-0.25, -0.2) is 14.2 Å². The van der Waals surface area contributed by atoms with E-state index in [0.29, 0.717) is 49.0 Å². The molecule has 194 valence electrons. The molecule has 2 aromatic carbocycles. The van der Waals surface area contributed by atoms with Gasteiger partial charge in [-0.05, 0) is 67.8 Å². The van der Waals surface area contributed by atoms with Gasteiger partial charge < -0.3 is 14.6 Å². The van der Waals surface area contributed by atoms with Gasteiger partial charge in [-0.3, -0.25) is 13.9 Å². The van der Waals surface area contributed by atoms with Crippen LogP contribution in [0.2, 0.25) is 0 Å². The molecule has 1 atom stereocenters. The van der Waals surface area contributed by atoms with Crippen LogP contribution in [0.1, 0.15) is 33.1 Å². The Morgan fingerprint density at radius 3 is 2.41 bits per heavy atom. The SMILES string of the molecule is CCCn1c(=O)c2[nH]c(-c3ccc(OCC4CCN(c5ccc(F)cc5)C4)cc3)nc2n(CCC)c1=O. The molecule has 1 unspecified atom stereocenters. The Kier molecular flexibility index (Phi) is 7.12. The number of fused-ring (bicyclic) bond motifs is 1. The number of aromatic nitrogens is 4. The number of nitrogens with one attached hydrogen (secondary N) is 1. The lowest BCUT2D eigenvalue weighted by Gasteiger charge is -2.18. The van der Waals surface area contributed by atoms with Crippen molar-refractivity contribution in [2.75, 3.05) is 24.6 Å². The molecule has 0 spiro atoms. The van der Waals surface area contributed by atoms with Crippen LogP contribution in [-0.2, 0) is 13.1 Å². The molecule has 1 aliphatic rings. The molecule has 1 aliphatic heterocycles. The first-order valence-corrected chi connectivity index (χ1v) is 13.0. The summed E-state index contributed by atoms with van der Waals surface area (Å²) < 4.78 is 22.1. The van der Waals surface area contributed by atoms with E-state index in [9.17, 15) is 14.0 Å². The number of benzene rings is 2. The van der Waals surface area contributed by atoms with Crippen LogP contribution in [0.4, 0.5) is 10.1 Å². The van der Waals surface area contributed by atoms with E-state index in [1.165, 1.54) is 16.7 Å². The van der Waals surface area contributed by atoms with E-state index in [2.05, 4.69) is 14.9 Å². The molecule has 0 amide bonds. The van der Waals surface area contributed by atoms with Crippen molar-refractivity contribution in [2.24, 2.45) is 5.92 Å². The molecule has 3 heterocycles. The highest BCUT2D eigenvalue weighted by Crippen LogP contribution is 2.26. The van der Waals surface area contributed by atoms with Crippen LogP contribution in [0.25, 0.3) is 22.6 Å². The zero-order valence-corrected chi connectivity index (χ0v) is 21.2. The first kappa shape index (κ1) is 24.8. The lowest BCUT2D eigenvalue weighted by Crippen LogP contribution is -2.40. The quantitative estimate of drug-likeness (QED) is 0.364. The fourth-order valence-corrected chi connectivity index (χ4v) is 4.93. The lowest BCUT2D eigenvalue weighted by molar-refractivity contribution is 0.261. The summed E-state index contributed by atoms with van der Waals surface area (Å²) in [6.45, 7) is 7.20. The van der Waals surface area contributed by atoms with E-state index >= 15 is 0 Å². The first-order valence-electron chi connectivity index (χ1n) is 13.0. The minimum absolute atomic E-state index is 0.224. The third kappa shape index (κ3) is 5.03. The Morgan fingerprint density at radius 1 is 1.00 bits per heavy atom. The highest BCUT2D eigenvalue weighted by molar-refractivity contribution is 5.75. The summed E-state index contributed by atoms with van der Waals surface area (Å²) >= 11 is 0. The number of H-pyrrole nitrogens is 1. The second-order valence-corrected chi connectivity index (χ2v) is 9.59. The van der Waals surface area contributed by atoms with Crippen LogP contribution >= 0.6 is 0 Å². The first-order chi connectivity index (χ1) is 18.0. The monoisotopic (exact) mass is 505 g/mol. The van der Waals surface area contributed by atoms with Gasteiger partial charge in [0.15, 0.2) is 5.65 Å². The molecule has 5 rings (SSSR count). The largest absolute Gasteiger partial charge is 0.493 e. The number of halogens is 1. The Labute approximate surface area is 214 Å². The zero-order valence-electron chi connectivity index (χ0n) is 21.2. The average molecular weight is 506 g/mol. The van der Waals surface area contributed by atoms with Gasteiger partial charge in [0.25, 0.3) is 5.56 Å². The van der Waals surface area contributed by atoms with Crippen molar-refractivity contribution in [3.63, 3.8) is 0 Å². The number of aryl methyl sites for hydroxylation is 1. The summed E-state index contributed by atoms with van der Waals surface area (Å²) in [4.78, 5) is 35.9. The molecule has 0 saturated carbocycles. The lowest BCUT2D eigenvalue weighted by atomic mass is 10.1. The minimum atomic E-state index is -0.334. The number of hydrogen-bond acceptors (Lipinski definition) is 5. The summed E-state index contributed by atoms with van der Waals surface area (Å²) in [7, 11) is 0. The van der Waals surface area contributed by atoms with E-state index in [1.807, 2.05) is 50.2 Å². The van der Waals surface area contributed by atoms with Crippen molar-refractivity contribution >= 4 is 16.9 Å². The topological polar surface area (TPSA) is 85.2 Å².